The van der Waals surface area contributed by atoms with Gasteiger partial charge in [0.1, 0.15) is 6.07 Å². The molecule has 0 atom stereocenters. The summed E-state index contributed by atoms with van der Waals surface area (Å²) in [6, 6.07) is 7.31. The van der Waals surface area contributed by atoms with Gasteiger partial charge in [-0.2, -0.15) is 5.26 Å². The molecule has 1 aromatic carbocycles. The summed E-state index contributed by atoms with van der Waals surface area (Å²) >= 11 is 1.46. The summed E-state index contributed by atoms with van der Waals surface area (Å²) in [4.78, 5) is 12.1. The minimum atomic E-state index is -0.541. The number of rotatable bonds is 3. The van der Waals surface area contributed by atoms with E-state index in [1.807, 2.05) is 18.4 Å². The fourth-order valence-corrected chi connectivity index (χ4v) is 1.77. The van der Waals surface area contributed by atoms with Gasteiger partial charge in [-0.3, -0.25) is 5.32 Å². The Morgan fingerprint density at radius 1 is 1.62 bits per heavy atom. The Hall–Kier alpha value is -1.67. The number of anilines is 1. The second kappa shape index (κ2) is 6.03. The molecule has 0 heterocycles. The van der Waals surface area contributed by atoms with Crippen LogP contribution in [0.3, 0.4) is 0 Å². The maximum Gasteiger partial charge on any atom is 0.411 e. The third-order valence-electron chi connectivity index (χ3n) is 1.87. The van der Waals surface area contributed by atoms with Crippen LogP contribution in [-0.2, 0) is 4.74 Å². The summed E-state index contributed by atoms with van der Waals surface area (Å²) in [5.41, 5.74) is 0.941. The van der Waals surface area contributed by atoms with Crippen LogP contribution in [0, 0.1) is 11.3 Å². The van der Waals surface area contributed by atoms with E-state index in [4.69, 9.17) is 10.00 Å². The van der Waals surface area contributed by atoms with Crippen molar-refractivity contribution >= 4 is 23.5 Å². The van der Waals surface area contributed by atoms with Crippen LogP contribution in [0.25, 0.3) is 0 Å². The molecule has 0 unspecified atom stereocenters. The monoisotopic (exact) mass is 236 g/mol. The molecule has 1 aromatic rings. The number of nitrogens with zero attached hydrogens (tertiary/aromatic N) is 1. The molecule has 0 saturated heterocycles. The molecule has 5 heteroatoms. The number of hydrogen-bond donors (Lipinski definition) is 1. The normalized spacial score (nSPS) is 9.31. The molecule has 0 radical (unpaired) electrons. The number of carbonyl (C=O) groups is 1. The molecule has 84 valence electrons. The molecular formula is C11H12N2O2S. The summed E-state index contributed by atoms with van der Waals surface area (Å²) < 4.78 is 4.78. The predicted molar refractivity (Wildman–Crippen MR) is 63.6 cm³/mol. The van der Waals surface area contributed by atoms with E-state index in [9.17, 15) is 4.79 Å². The molecule has 1 rings (SSSR count). The van der Waals surface area contributed by atoms with E-state index in [1.54, 1.807) is 19.1 Å². The first-order chi connectivity index (χ1) is 7.72. The smallest absolute Gasteiger partial charge is 0.411 e. The number of thioether (sulfide) groups is 1. The molecule has 0 fully saturated rings. The third kappa shape index (κ3) is 2.91. The van der Waals surface area contributed by atoms with Crippen LogP contribution in [0.4, 0.5) is 10.5 Å². The van der Waals surface area contributed by atoms with Crippen LogP contribution in [0.2, 0.25) is 0 Å². The van der Waals surface area contributed by atoms with Crippen molar-refractivity contribution in [3.8, 4) is 6.07 Å². The molecule has 0 spiro atoms. The lowest BCUT2D eigenvalue weighted by molar-refractivity contribution is 0.168. The molecule has 0 aliphatic rings. The average molecular weight is 236 g/mol. The van der Waals surface area contributed by atoms with Crippen molar-refractivity contribution in [2.45, 2.75) is 11.8 Å². The standard InChI is InChI=1S/C11H12N2O2S/c1-3-15-11(14)13-10-8(7-12)5-4-6-9(10)16-2/h4-6H,3H2,1-2H3,(H,13,14). The maximum absolute atomic E-state index is 11.3. The topological polar surface area (TPSA) is 62.1 Å². The Morgan fingerprint density at radius 3 is 2.94 bits per heavy atom. The SMILES string of the molecule is CCOC(=O)Nc1c(C#N)cccc1SC. The Kier molecular flexibility index (Phi) is 4.67. The van der Waals surface area contributed by atoms with E-state index in [0.29, 0.717) is 17.9 Å². The summed E-state index contributed by atoms with van der Waals surface area (Å²) in [5.74, 6) is 0. The second-order valence-corrected chi connectivity index (χ2v) is 3.69. The number of hydrogen-bond acceptors (Lipinski definition) is 4. The van der Waals surface area contributed by atoms with Gasteiger partial charge in [-0.15, -0.1) is 11.8 Å². The lowest BCUT2D eigenvalue weighted by Crippen LogP contribution is -2.14. The molecule has 1 amide bonds. The second-order valence-electron chi connectivity index (χ2n) is 2.84. The molecule has 1 N–H and O–H groups in total. The van der Waals surface area contributed by atoms with Crippen molar-refractivity contribution in [2.24, 2.45) is 0 Å². The van der Waals surface area contributed by atoms with Gasteiger partial charge in [-0.1, -0.05) is 6.07 Å². The van der Waals surface area contributed by atoms with E-state index in [-0.39, 0.29) is 0 Å². The first kappa shape index (κ1) is 12.4. The number of nitrogens with one attached hydrogen (secondary N) is 1. The molecule has 0 aliphatic heterocycles. The number of carbonyl (C=O) groups excluding carboxylic acids is 1. The molecule has 0 aliphatic carbocycles. The zero-order valence-corrected chi connectivity index (χ0v) is 9.93. The Morgan fingerprint density at radius 2 is 2.38 bits per heavy atom. The van der Waals surface area contributed by atoms with Gasteiger partial charge in [0.15, 0.2) is 0 Å². The minimum Gasteiger partial charge on any atom is -0.450 e. The van der Waals surface area contributed by atoms with Gasteiger partial charge in [-0.05, 0) is 25.3 Å². The van der Waals surface area contributed by atoms with E-state index in [1.165, 1.54) is 11.8 Å². The van der Waals surface area contributed by atoms with Crippen molar-refractivity contribution in [3.63, 3.8) is 0 Å². The average Bonchev–Trinajstić information content (AvgIpc) is 2.29. The van der Waals surface area contributed by atoms with Crippen molar-refractivity contribution in [2.75, 3.05) is 18.2 Å². The summed E-state index contributed by atoms with van der Waals surface area (Å²) in [7, 11) is 0. The fourth-order valence-electron chi connectivity index (χ4n) is 1.19. The predicted octanol–water partition coefficient (Wildman–Crippen LogP) is 2.85. The van der Waals surface area contributed by atoms with Crippen LogP contribution in [0.1, 0.15) is 12.5 Å². The van der Waals surface area contributed by atoms with Crippen LogP contribution in [0.5, 0.6) is 0 Å². The largest absolute Gasteiger partial charge is 0.450 e. The van der Waals surface area contributed by atoms with E-state index >= 15 is 0 Å². The highest BCUT2D eigenvalue weighted by molar-refractivity contribution is 7.98. The minimum absolute atomic E-state index is 0.301. The molecule has 4 nitrogen and oxygen atoms in total. The van der Waals surface area contributed by atoms with Crippen LogP contribution >= 0.6 is 11.8 Å². The van der Waals surface area contributed by atoms with Gasteiger partial charge in [0.2, 0.25) is 0 Å². The Bertz CT molecular complexity index is 426. The fraction of sp³-hybridized carbons (Fsp3) is 0.273. The van der Waals surface area contributed by atoms with E-state index < -0.39 is 6.09 Å². The number of benzene rings is 1. The summed E-state index contributed by atoms with van der Waals surface area (Å²) in [5, 5.41) is 11.5. The quantitative estimate of drug-likeness (QED) is 0.820. The van der Waals surface area contributed by atoms with Crippen molar-refractivity contribution in [3.05, 3.63) is 23.8 Å². The number of nitriles is 1. The first-order valence-corrected chi connectivity index (χ1v) is 5.96. The van der Waals surface area contributed by atoms with Crippen LogP contribution < -0.4 is 5.32 Å². The number of ether oxygens (including phenoxy) is 1. The van der Waals surface area contributed by atoms with Gasteiger partial charge < -0.3 is 4.74 Å². The van der Waals surface area contributed by atoms with Crippen LogP contribution in [-0.4, -0.2) is 19.0 Å². The van der Waals surface area contributed by atoms with E-state index in [0.717, 1.165) is 4.90 Å². The summed E-state index contributed by atoms with van der Waals surface area (Å²) in [6.07, 6.45) is 1.34. The summed E-state index contributed by atoms with van der Waals surface area (Å²) in [6.45, 7) is 2.03. The van der Waals surface area contributed by atoms with Crippen molar-refractivity contribution in [1.29, 1.82) is 5.26 Å². The van der Waals surface area contributed by atoms with Crippen molar-refractivity contribution < 1.29 is 9.53 Å². The molecule has 0 bridgehead atoms. The van der Waals surface area contributed by atoms with E-state index in [2.05, 4.69) is 5.32 Å². The lowest BCUT2D eigenvalue weighted by Gasteiger charge is -2.10. The Balaban J connectivity index is 3.01. The lowest BCUT2D eigenvalue weighted by atomic mass is 10.2. The first-order valence-electron chi connectivity index (χ1n) is 4.73. The molecule has 0 saturated carbocycles. The third-order valence-corrected chi connectivity index (χ3v) is 2.65. The van der Waals surface area contributed by atoms with Gasteiger partial charge in [-0.25, -0.2) is 4.79 Å². The van der Waals surface area contributed by atoms with Gasteiger partial charge >= 0.3 is 6.09 Å². The number of para-hydroxylation sites is 1. The highest BCUT2D eigenvalue weighted by atomic mass is 32.2. The van der Waals surface area contributed by atoms with Gasteiger partial charge in [0.05, 0.1) is 17.9 Å². The van der Waals surface area contributed by atoms with Crippen molar-refractivity contribution in [1.82, 2.24) is 0 Å². The Labute approximate surface area is 98.6 Å². The molecule has 0 aromatic heterocycles. The van der Waals surface area contributed by atoms with Crippen LogP contribution in [0.15, 0.2) is 23.1 Å². The zero-order chi connectivity index (χ0) is 12.0. The molecular weight excluding hydrogens is 224 g/mol. The van der Waals surface area contributed by atoms with Gasteiger partial charge in [0, 0.05) is 4.90 Å². The highest BCUT2D eigenvalue weighted by Gasteiger charge is 2.11. The zero-order valence-electron chi connectivity index (χ0n) is 9.11. The van der Waals surface area contributed by atoms with Gasteiger partial charge in [0.25, 0.3) is 0 Å². The molecule has 16 heavy (non-hydrogen) atoms. The number of amides is 1. The maximum atomic E-state index is 11.3. The highest BCUT2D eigenvalue weighted by Crippen LogP contribution is 2.28.